The summed E-state index contributed by atoms with van der Waals surface area (Å²) in [6.45, 7) is 17.6. The van der Waals surface area contributed by atoms with Crippen LogP contribution in [0.1, 0.15) is 44.5 Å². The number of aryl methyl sites for hydroxylation is 6. The zero-order chi connectivity index (χ0) is 32.0. The summed E-state index contributed by atoms with van der Waals surface area (Å²) in [6, 6.07) is 22.1. The first-order chi connectivity index (χ1) is 20.9. The van der Waals surface area contributed by atoms with Crippen LogP contribution in [0.2, 0.25) is 5.02 Å². The minimum absolute atomic E-state index is 0.645. The Hall–Kier alpha value is -2.69. The SMILES string of the molecule is COc1ccc(N=Cc2cc(Cl)ccc2[CH]=[Ru]([Cl])[Cl])cc1.Cc1cc(C)c(N2[CH-]N(c3c(C)cc(C)cc3C)CC2)c(C)c1. The third-order valence-corrected chi connectivity index (χ3v) is 9.43. The summed E-state index contributed by atoms with van der Waals surface area (Å²) in [7, 11) is 13.5. The van der Waals surface area contributed by atoms with Crippen LogP contribution in [0.4, 0.5) is 17.1 Å². The summed E-state index contributed by atoms with van der Waals surface area (Å²) in [5.74, 6) is 0.795. The number of hydrogen-bond donors (Lipinski definition) is 0. The maximum absolute atomic E-state index is 6.03. The van der Waals surface area contributed by atoms with Crippen molar-refractivity contribution in [2.45, 2.75) is 41.5 Å². The standard InChI is InChI=1S/C21H27N2.C15H12ClNO.2ClH.Ru/c1-14-9-16(3)20(17(4)10-14)22-7-8-23(13-22)21-18(5)11-15(2)12-19(21)6;1-11-3-4-13(16)9-12(11)10-17-14-5-7-15(18-2)8-6-14;;;/h9-13H,7-8H2,1-6H3;1,3-10H,2H3;2*1H;/q-1;;;;+2/p-2. The van der Waals surface area contributed by atoms with Gasteiger partial charge in [-0.15, -0.1) is 0 Å². The molecule has 1 saturated heterocycles. The van der Waals surface area contributed by atoms with Gasteiger partial charge in [0.1, 0.15) is 0 Å². The topological polar surface area (TPSA) is 28.1 Å². The number of nitrogens with zero attached hydrogens (tertiary/aromatic N) is 3. The Morgan fingerprint density at radius 2 is 1.23 bits per heavy atom. The first-order valence-corrected chi connectivity index (χ1v) is 20.2. The van der Waals surface area contributed by atoms with Gasteiger partial charge in [0.2, 0.25) is 0 Å². The molecule has 0 atom stereocenters. The van der Waals surface area contributed by atoms with E-state index in [9.17, 15) is 0 Å². The van der Waals surface area contributed by atoms with Crippen molar-refractivity contribution < 1.29 is 18.3 Å². The van der Waals surface area contributed by atoms with Crippen molar-refractivity contribution in [1.29, 1.82) is 0 Å². The Balaban J connectivity index is 0.000000202. The number of methoxy groups -OCH3 is 1. The van der Waals surface area contributed by atoms with E-state index in [1.807, 2.05) is 47.1 Å². The van der Waals surface area contributed by atoms with Crippen LogP contribution in [0.15, 0.2) is 71.7 Å². The molecule has 1 aliphatic heterocycles. The van der Waals surface area contributed by atoms with Crippen LogP contribution in [0.25, 0.3) is 0 Å². The van der Waals surface area contributed by atoms with Gasteiger partial charge in [0.25, 0.3) is 0 Å². The van der Waals surface area contributed by atoms with Gasteiger partial charge in [-0.3, -0.25) is 0 Å². The van der Waals surface area contributed by atoms with Gasteiger partial charge in [-0.2, -0.15) is 6.67 Å². The first kappa shape index (κ1) is 34.2. The number of halogens is 3. The fraction of sp³-hybridized carbons (Fsp3) is 0.250. The molecule has 0 amide bonds. The van der Waals surface area contributed by atoms with Crippen molar-refractivity contribution in [2.75, 3.05) is 30.0 Å². The molecule has 5 rings (SSSR count). The number of rotatable bonds is 6. The maximum atomic E-state index is 6.03. The fourth-order valence-corrected chi connectivity index (χ4v) is 7.76. The van der Waals surface area contributed by atoms with Gasteiger partial charge >= 0.3 is 142 Å². The molecule has 0 aliphatic carbocycles. The maximum Gasteiger partial charge on any atom is 0.0146 e. The summed E-state index contributed by atoms with van der Waals surface area (Å²) in [5, 5.41) is 0.645. The molecule has 0 unspecified atom stereocenters. The van der Waals surface area contributed by atoms with Crippen molar-refractivity contribution in [3.8, 4) is 5.75 Å². The van der Waals surface area contributed by atoms with Crippen LogP contribution in [0.5, 0.6) is 5.75 Å². The Morgan fingerprint density at radius 1 is 0.727 bits per heavy atom. The molecule has 1 fully saturated rings. The van der Waals surface area contributed by atoms with E-state index in [1.54, 1.807) is 13.3 Å². The molecule has 0 radical (unpaired) electrons. The van der Waals surface area contributed by atoms with E-state index in [1.165, 1.54) is 44.8 Å². The Bertz CT molecular complexity index is 1570. The molecule has 0 bridgehead atoms. The third-order valence-electron chi connectivity index (χ3n) is 7.37. The van der Waals surface area contributed by atoms with Crippen molar-refractivity contribution in [2.24, 2.45) is 4.99 Å². The van der Waals surface area contributed by atoms with E-state index in [0.29, 0.717) is 5.02 Å². The second kappa shape index (κ2) is 15.5. The zero-order valence-corrected chi connectivity index (χ0v) is 30.2. The quantitative estimate of drug-likeness (QED) is 0.112. The molecule has 1 heterocycles. The van der Waals surface area contributed by atoms with Crippen LogP contribution < -0.4 is 14.5 Å². The van der Waals surface area contributed by atoms with Gasteiger partial charge in [-0.25, -0.2) is 0 Å². The van der Waals surface area contributed by atoms with Crippen LogP contribution in [-0.4, -0.2) is 31.0 Å². The average Bonchev–Trinajstić information content (AvgIpc) is 3.41. The third kappa shape index (κ3) is 8.95. The van der Waals surface area contributed by atoms with Crippen molar-refractivity contribution in [1.82, 2.24) is 0 Å². The summed E-state index contributed by atoms with van der Waals surface area (Å²) in [4.78, 5) is 9.24. The first-order valence-electron chi connectivity index (χ1n) is 14.3. The molecular formula is C36H39Cl3N3ORu-. The molecule has 44 heavy (non-hydrogen) atoms. The van der Waals surface area contributed by atoms with E-state index in [2.05, 4.69) is 87.3 Å². The van der Waals surface area contributed by atoms with Gasteiger partial charge in [-0.1, -0.05) is 35.4 Å². The van der Waals surface area contributed by atoms with Gasteiger partial charge < -0.3 is 9.80 Å². The predicted octanol–water partition coefficient (Wildman–Crippen LogP) is 10.2. The van der Waals surface area contributed by atoms with Crippen LogP contribution in [0.3, 0.4) is 0 Å². The molecule has 4 nitrogen and oxygen atoms in total. The molecule has 234 valence electrons. The Morgan fingerprint density at radius 3 is 1.68 bits per heavy atom. The van der Waals surface area contributed by atoms with E-state index in [4.69, 9.17) is 35.7 Å². The largest absolute Gasteiger partial charge is 0.502 e. The normalized spacial score (nSPS) is 13.2. The van der Waals surface area contributed by atoms with E-state index < -0.39 is 13.5 Å². The second-order valence-electron chi connectivity index (χ2n) is 11.0. The van der Waals surface area contributed by atoms with Gasteiger partial charge in [0.15, 0.2) is 0 Å². The van der Waals surface area contributed by atoms with Crippen molar-refractivity contribution >= 4 is 58.9 Å². The van der Waals surface area contributed by atoms with Gasteiger partial charge in [0.05, 0.1) is 0 Å². The van der Waals surface area contributed by atoms with E-state index in [-0.39, 0.29) is 0 Å². The monoisotopic (exact) mass is 736 g/mol. The molecule has 0 saturated carbocycles. The van der Waals surface area contributed by atoms with Crippen LogP contribution in [-0.2, 0) is 13.5 Å². The number of benzene rings is 4. The smallest absolute Gasteiger partial charge is 0.0146 e. The molecular weight excluding hydrogens is 698 g/mol. The Labute approximate surface area is 280 Å². The van der Waals surface area contributed by atoms with Crippen LogP contribution in [0, 0.1) is 48.2 Å². The molecule has 0 N–H and O–H groups in total. The van der Waals surface area contributed by atoms with Crippen LogP contribution >= 0.6 is 31.0 Å². The summed E-state index contributed by atoms with van der Waals surface area (Å²) >= 11 is 4.14. The number of ether oxygens (including phenoxy) is 1. The average molecular weight is 737 g/mol. The van der Waals surface area contributed by atoms with E-state index in [0.717, 1.165) is 35.7 Å². The van der Waals surface area contributed by atoms with Crippen molar-refractivity contribution in [3.05, 3.63) is 123 Å². The molecule has 4 aromatic carbocycles. The summed E-state index contributed by atoms with van der Waals surface area (Å²) < 4.78 is 6.99. The Kier molecular flexibility index (Phi) is 12.1. The number of aliphatic imine (C=N–C) groups is 1. The van der Waals surface area contributed by atoms with E-state index >= 15 is 0 Å². The predicted molar refractivity (Wildman–Crippen MR) is 189 cm³/mol. The van der Waals surface area contributed by atoms with Gasteiger partial charge in [-0.05, 0) is 63.8 Å². The fourth-order valence-electron chi connectivity index (χ4n) is 5.73. The minimum Gasteiger partial charge on any atom is -0.502 e. The molecule has 8 heteroatoms. The zero-order valence-electron chi connectivity index (χ0n) is 26.2. The molecule has 1 aliphatic rings. The molecule has 0 spiro atoms. The second-order valence-corrected chi connectivity index (χ2v) is 17.2. The van der Waals surface area contributed by atoms with Crippen molar-refractivity contribution in [3.63, 3.8) is 0 Å². The molecule has 0 aromatic heterocycles. The summed E-state index contributed by atoms with van der Waals surface area (Å²) in [5.41, 5.74) is 13.5. The van der Waals surface area contributed by atoms with Gasteiger partial charge in [0, 0.05) is 24.5 Å². The number of hydrogen-bond acceptors (Lipinski definition) is 4. The summed E-state index contributed by atoms with van der Waals surface area (Å²) in [6.07, 6.45) is 1.75. The minimum atomic E-state index is -1.89. The molecule has 4 aromatic rings. The number of anilines is 2.